The first-order valence-electron chi connectivity index (χ1n) is 30.5. The fraction of sp³-hybridized carbons (Fsp3) is 0.785. The van der Waals surface area contributed by atoms with Crippen molar-refractivity contribution >= 4 is 11.9 Å². The summed E-state index contributed by atoms with van der Waals surface area (Å²) in [6, 6.07) is 0. The van der Waals surface area contributed by atoms with Crippen LogP contribution in [-0.2, 0) is 23.8 Å². The van der Waals surface area contributed by atoms with E-state index in [1.165, 1.54) is 193 Å². The minimum atomic E-state index is -0.550. The van der Waals surface area contributed by atoms with Gasteiger partial charge in [0.25, 0.3) is 0 Å². The van der Waals surface area contributed by atoms with Gasteiger partial charge in [0.15, 0.2) is 6.10 Å². The Kier molecular flexibility index (Phi) is 58.3. The minimum absolute atomic E-state index is 0.0762. The van der Waals surface area contributed by atoms with Crippen LogP contribution >= 0.6 is 0 Å². The summed E-state index contributed by atoms with van der Waals surface area (Å²) < 4.78 is 17.5. The van der Waals surface area contributed by atoms with Crippen LogP contribution in [0.2, 0.25) is 0 Å². The van der Waals surface area contributed by atoms with Crippen LogP contribution < -0.4 is 0 Å². The zero-order chi connectivity index (χ0) is 50.6. The van der Waals surface area contributed by atoms with E-state index in [1.807, 2.05) is 0 Å². The van der Waals surface area contributed by atoms with Gasteiger partial charge in [-0.1, -0.05) is 254 Å². The fourth-order valence-corrected chi connectivity index (χ4v) is 8.67. The van der Waals surface area contributed by atoms with Gasteiger partial charge in [-0.15, -0.1) is 0 Å². The number of hydrogen-bond acceptors (Lipinski definition) is 5. The summed E-state index contributed by atoms with van der Waals surface area (Å²) in [6.07, 6.45) is 79.3. The summed E-state index contributed by atoms with van der Waals surface area (Å²) in [5.41, 5.74) is 0. The van der Waals surface area contributed by atoms with E-state index >= 15 is 0 Å². The summed E-state index contributed by atoms with van der Waals surface area (Å²) in [6.45, 7) is 7.71. The molecule has 5 heteroatoms. The van der Waals surface area contributed by atoms with E-state index < -0.39 is 6.10 Å². The molecule has 0 aromatic carbocycles. The fourth-order valence-electron chi connectivity index (χ4n) is 8.67. The molecule has 0 saturated heterocycles. The second kappa shape index (κ2) is 60.6. The van der Waals surface area contributed by atoms with Crippen molar-refractivity contribution in [2.24, 2.45) is 0 Å². The molecule has 0 bridgehead atoms. The first kappa shape index (κ1) is 67.3. The van der Waals surface area contributed by atoms with Crippen LogP contribution in [0, 0.1) is 0 Å². The molecule has 0 rings (SSSR count). The molecule has 0 aliphatic heterocycles. The predicted octanol–water partition coefficient (Wildman–Crippen LogP) is 21.0. The lowest BCUT2D eigenvalue weighted by molar-refractivity contribution is -0.163. The first-order valence-corrected chi connectivity index (χ1v) is 30.5. The molecule has 0 aromatic rings. The number of rotatable bonds is 56. The third-order valence-electron chi connectivity index (χ3n) is 13.2. The van der Waals surface area contributed by atoms with E-state index in [2.05, 4.69) is 93.7 Å². The Morgan fingerprint density at radius 2 is 0.643 bits per heavy atom. The van der Waals surface area contributed by atoms with Gasteiger partial charge in [-0.3, -0.25) is 9.59 Å². The molecule has 0 aliphatic carbocycles. The summed E-state index contributed by atoms with van der Waals surface area (Å²) in [5, 5.41) is 0. The van der Waals surface area contributed by atoms with Crippen LogP contribution in [0.1, 0.15) is 303 Å². The number of ether oxygens (including phenoxy) is 3. The number of carbonyl (C=O) groups is 2. The SMILES string of the molecule is CC/C=C\C/C=C\C/C=C\C/C=C\CCCCCCCCCOCC(COC(=O)CCCCCCCCCCC/C=C\CCCCCCCC)OC(=O)CCCCCCC/C=C\CCCCCCCC. The molecule has 0 aromatic heterocycles. The molecule has 0 N–H and O–H groups in total. The Balaban J connectivity index is 4.29. The van der Waals surface area contributed by atoms with E-state index in [4.69, 9.17) is 14.2 Å². The second-order valence-corrected chi connectivity index (χ2v) is 20.2. The lowest BCUT2D eigenvalue weighted by Crippen LogP contribution is -2.30. The number of hydrogen-bond donors (Lipinski definition) is 0. The van der Waals surface area contributed by atoms with Gasteiger partial charge >= 0.3 is 11.9 Å². The van der Waals surface area contributed by atoms with E-state index in [1.54, 1.807) is 0 Å². The van der Waals surface area contributed by atoms with E-state index in [-0.39, 0.29) is 25.2 Å². The van der Waals surface area contributed by atoms with Crippen molar-refractivity contribution in [3.63, 3.8) is 0 Å². The topological polar surface area (TPSA) is 61.8 Å². The molecule has 406 valence electrons. The van der Waals surface area contributed by atoms with Crippen molar-refractivity contribution in [1.82, 2.24) is 0 Å². The Bertz CT molecular complexity index is 1240. The molecule has 0 amide bonds. The highest BCUT2D eigenvalue weighted by Crippen LogP contribution is 2.15. The smallest absolute Gasteiger partial charge is 0.306 e. The third-order valence-corrected chi connectivity index (χ3v) is 13.2. The number of esters is 2. The summed E-state index contributed by atoms with van der Waals surface area (Å²) in [7, 11) is 0. The predicted molar refractivity (Wildman–Crippen MR) is 307 cm³/mol. The highest BCUT2D eigenvalue weighted by atomic mass is 16.6. The Labute approximate surface area is 436 Å². The van der Waals surface area contributed by atoms with Crippen LogP contribution in [0.5, 0.6) is 0 Å². The molecular formula is C65H116O5. The molecule has 1 unspecified atom stereocenters. The molecule has 0 saturated carbocycles. The van der Waals surface area contributed by atoms with Crippen molar-refractivity contribution in [3.05, 3.63) is 72.9 Å². The van der Waals surface area contributed by atoms with Gasteiger partial charge < -0.3 is 14.2 Å². The normalized spacial score (nSPS) is 12.7. The van der Waals surface area contributed by atoms with Crippen LogP contribution in [0.3, 0.4) is 0 Å². The van der Waals surface area contributed by atoms with Crippen LogP contribution in [0.4, 0.5) is 0 Å². The maximum absolute atomic E-state index is 12.9. The average Bonchev–Trinajstić information content (AvgIpc) is 3.36. The molecule has 1 atom stereocenters. The lowest BCUT2D eigenvalue weighted by atomic mass is 10.1. The lowest BCUT2D eigenvalue weighted by Gasteiger charge is -2.18. The third kappa shape index (κ3) is 57.9. The van der Waals surface area contributed by atoms with Crippen molar-refractivity contribution < 1.29 is 23.8 Å². The standard InChI is InChI=1S/C65H116O5/c1-4-7-10-13-16-19-22-25-28-30-32-34-36-39-42-45-48-51-54-57-60-68-61-63(70-65(67)59-56-53-50-47-44-41-37-27-24-21-18-15-12-9-6-3)62-69-64(66)58-55-52-49-46-43-40-38-35-33-31-29-26-23-20-17-14-11-8-5-2/h7,10,16,19,25-29,32,34,37,63H,4-6,8-9,11-15,17-18,20-24,30-31,33,35-36,38-62H2,1-3H3/b10-7-,19-16-,28-25-,29-26-,34-32-,37-27-. The van der Waals surface area contributed by atoms with Gasteiger partial charge in [0.05, 0.1) is 6.61 Å². The molecule has 70 heavy (non-hydrogen) atoms. The van der Waals surface area contributed by atoms with Crippen LogP contribution in [0.25, 0.3) is 0 Å². The summed E-state index contributed by atoms with van der Waals surface area (Å²) in [5.74, 6) is -0.405. The maximum atomic E-state index is 12.9. The number of unbranched alkanes of at least 4 members (excludes halogenated alkanes) is 33. The molecule has 0 spiro atoms. The Morgan fingerprint density at radius 3 is 1.04 bits per heavy atom. The van der Waals surface area contributed by atoms with E-state index in [0.29, 0.717) is 19.4 Å². The first-order chi connectivity index (χ1) is 34.6. The molecular weight excluding hydrogens is 861 g/mol. The maximum Gasteiger partial charge on any atom is 0.306 e. The van der Waals surface area contributed by atoms with Crippen molar-refractivity contribution in [1.29, 1.82) is 0 Å². The molecule has 0 fully saturated rings. The summed E-state index contributed by atoms with van der Waals surface area (Å²) >= 11 is 0. The van der Waals surface area contributed by atoms with E-state index in [9.17, 15) is 9.59 Å². The average molecular weight is 978 g/mol. The highest BCUT2D eigenvalue weighted by molar-refractivity contribution is 5.70. The Morgan fingerprint density at radius 1 is 0.329 bits per heavy atom. The largest absolute Gasteiger partial charge is 0.462 e. The Hall–Kier alpha value is -2.66. The molecule has 0 heterocycles. The number of carbonyl (C=O) groups excluding carboxylic acids is 2. The van der Waals surface area contributed by atoms with Crippen molar-refractivity contribution in [2.75, 3.05) is 19.8 Å². The zero-order valence-electron chi connectivity index (χ0n) is 46.8. The van der Waals surface area contributed by atoms with Crippen molar-refractivity contribution in [3.8, 4) is 0 Å². The zero-order valence-corrected chi connectivity index (χ0v) is 46.8. The molecule has 5 nitrogen and oxygen atoms in total. The summed E-state index contributed by atoms with van der Waals surface area (Å²) in [4.78, 5) is 25.6. The van der Waals surface area contributed by atoms with Crippen molar-refractivity contribution in [2.45, 2.75) is 309 Å². The second-order valence-electron chi connectivity index (χ2n) is 20.2. The van der Waals surface area contributed by atoms with Gasteiger partial charge in [-0.2, -0.15) is 0 Å². The van der Waals surface area contributed by atoms with E-state index in [0.717, 1.165) is 77.0 Å². The quantitative estimate of drug-likeness (QED) is 0.0345. The molecule has 0 aliphatic rings. The molecule has 0 radical (unpaired) electrons. The van der Waals surface area contributed by atoms with Gasteiger partial charge in [-0.25, -0.2) is 0 Å². The monoisotopic (exact) mass is 977 g/mol. The van der Waals surface area contributed by atoms with Gasteiger partial charge in [0, 0.05) is 19.4 Å². The van der Waals surface area contributed by atoms with Crippen LogP contribution in [-0.4, -0.2) is 37.9 Å². The van der Waals surface area contributed by atoms with Crippen LogP contribution in [0.15, 0.2) is 72.9 Å². The van der Waals surface area contributed by atoms with Gasteiger partial charge in [0.1, 0.15) is 6.61 Å². The minimum Gasteiger partial charge on any atom is -0.462 e. The van der Waals surface area contributed by atoms with Gasteiger partial charge in [0.2, 0.25) is 0 Å². The number of allylic oxidation sites excluding steroid dienone is 12. The van der Waals surface area contributed by atoms with Gasteiger partial charge in [-0.05, 0) is 109 Å². The highest BCUT2D eigenvalue weighted by Gasteiger charge is 2.17.